The summed E-state index contributed by atoms with van der Waals surface area (Å²) in [7, 11) is 0. The summed E-state index contributed by atoms with van der Waals surface area (Å²) in [6.07, 6.45) is -5.05. The normalized spacial score (nSPS) is 11.2. The lowest BCUT2D eigenvalue weighted by atomic mass is 10.2. The van der Waals surface area contributed by atoms with E-state index in [1.165, 1.54) is 30.3 Å². The molecule has 1 amide bonds. The van der Waals surface area contributed by atoms with Crippen LogP contribution in [0.3, 0.4) is 0 Å². The van der Waals surface area contributed by atoms with Crippen LogP contribution in [0.5, 0.6) is 28.7 Å². The number of carbonyl (C=O) groups excluding carboxylic acids is 1. The second kappa shape index (κ2) is 11.8. The first-order valence-corrected chi connectivity index (χ1v) is 11.9. The molecule has 0 atom stereocenters. The fourth-order valence-electron chi connectivity index (χ4n) is 3.63. The van der Waals surface area contributed by atoms with E-state index in [1.807, 2.05) is 0 Å². The van der Waals surface area contributed by atoms with Gasteiger partial charge in [0.05, 0.1) is 24.3 Å². The first-order chi connectivity index (χ1) is 18.7. The Kier molecular flexibility index (Phi) is 8.28. The fourth-order valence-corrected chi connectivity index (χ4v) is 3.63. The fraction of sp³-hybridized carbons (Fsp3) is 0.214. The average molecular weight is 543 g/mol. The van der Waals surface area contributed by atoms with Crippen LogP contribution in [0.2, 0.25) is 0 Å². The molecule has 0 aliphatic rings. The van der Waals surface area contributed by atoms with E-state index in [4.69, 9.17) is 23.4 Å². The van der Waals surface area contributed by atoms with Crippen molar-refractivity contribution in [1.82, 2.24) is 0 Å². The maximum absolute atomic E-state index is 13.9. The number of hydrogen-bond acceptors (Lipinski definition) is 7. The Hall–Kier alpha value is -4.67. The molecule has 1 N–H and O–H groups in total. The highest BCUT2D eigenvalue weighted by Gasteiger charge is 2.40. The number of ether oxygens (including phenoxy) is 4. The number of hydrogen-bond donors (Lipinski definition) is 1. The summed E-state index contributed by atoms with van der Waals surface area (Å²) in [5.41, 5.74) is -0.991. The van der Waals surface area contributed by atoms with Gasteiger partial charge in [0, 0.05) is 6.07 Å². The van der Waals surface area contributed by atoms with E-state index in [1.54, 1.807) is 44.2 Å². The van der Waals surface area contributed by atoms with E-state index in [0.29, 0.717) is 18.0 Å². The van der Waals surface area contributed by atoms with Crippen LogP contribution in [0.1, 0.15) is 19.6 Å². The van der Waals surface area contributed by atoms with Crippen LogP contribution in [0.15, 0.2) is 75.9 Å². The van der Waals surface area contributed by atoms with Gasteiger partial charge in [0.2, 0.25) is 11.2 Å². The van der Waals surface area contributed by atoms with Gasteiger partial charge in [-0.25, -0.2) is 0 Å². The van der Waals surface area contributed by atoms with Crippen molar-refractivity contribution in [2.75, 3.05) is 25.1 Å². The number of carbonyl (C=O) groups is 1. The van der Waals surface area contributed by atoms with E-state index in [9.17, 15) is 22.8 Å². The van der Waals surface area contributed by atoms with Gasteiger partial charge in [-0.15, -0.1) is 0 Å². The highest BCUT2D eigenvalue weighted by Crippen LogP contribution is 2.40. The van der Waals surface area contributed by atoms with Gasteiger partial charge in [0.25, 0.3) is 11.7 Å². The quantitative estimate of drug-likeness (QED) is 0.247. The Morgan fingerprint density at radius 1 is 0.872 bits per heavy atom. The zero-order valence-corrected chi connectivity index (χ0v) is 21.0. The molecule has 0 radical (unpaired) electrons. The van der Waals surface area contributed by atoms with Crippen molar-refractivity contribution in [3.05, 3.63) is 82.7 Å². The van der Waals surface area contributed by atoms with Crippen molar-refractivity contribution in [3.8, 4) is 28.7 Å². The zero-order valence-electron chi connectivity index (χ0n) is 21.0. The predicted molar refractivity (Wildman–Crippen MR) is 137 cm³/mol. The Balaban J connectivity index is 1.60. The molecule has 11 heteroatoms. The van der Waals surface area contributed by atoms with Crippen molar-refractivity contribution >= 4 is 22.6 Å². The molecule has 0 spiro atoms. The number of para-hydroxylation sites is 4. The Morgan fingerprint density at radius 3 is 2.21 bits per heavy atom. The van der Waals surface area contributed by atoms with Crippen LogP contribution >= 0.6 is 0 Å². The topological polar surface area (TPSA) is 96.2 Å². The van der Waals surface area contributed by atoms with Gasteiger partial charge in [0.1, 0.15) is 17.1 Å². The highest BCUT2D eigenvalue weighted by atomic mass is 19.4. The molecule has 0 aliphatic heterocycles. The maximum atomic E-state index is 13.9. The predicted octanol–water partition coefficient (Wildman–Crippen LogP) is 6.42. The standard InChI is InChI=1S/C28H24F3NO7/c1-3-35-20-10-6-5-9-19(20)32-24(33)16-37-17-13-14-18-23(15-17)39-27(28(29,30)31)26(25(18)34)38-22-12-8-7-11-21(22)36-4-2/h5-15H,3-4,16H2,1-2H3,(H,32,33). The lowest BCUT2D eigenvalue weighted by Gasteiger charge is -2.15. The first-order valence-electron chi connectivity index (χ1n) is 11.9. The van der Waals surface area contributed by atoms with Gasteiger partial charge in [0.15, 0.2) is 18.1 Å². The Labute approximate surface area is 220 Å². The van der Waals surface area contributed by atoms with Crippen LogP contribution < -0.4 is 29.7 Å². The number of halogens is 3. The van der Waals surface area contributed by atoms with Gasteiger partial charge in [-0.1, -0.05) is 24.3 Å². The Bertz CT molecular complexity index is 1530. The number of rotatable bonds is 10. The zero-order chi connectivity index (χ0) is 28.0. The van der Waals surface area contributed by atoms with Crippen LogP contribution in [-0.4, -0.2) is 25.7 Å². The SMILES string of the molecule is CCOc1ccccc1NC(=O)COc1ccc2c(=O)c(Oc3ccccc3OCC)c(C(F)(F)F)oc2c1. The molecule has 0 bridgehead atoms. The molecule has 1 heterocycles. The molecule has 4 aromatic rings. The summed E-state index contributed by atoms with van der Waals surface area (Å²) in [4.78, 5) is 25.5. The third kappa shape index (κ3) is 6.43. The van der Waals surface area contributed by atoms with Crippen LogP contribution in [-0.2, 0) is 11.0 Å². The number of benzene rings is 3. The van der Waals surface area contributed by atoms with Gasteiger partial charge in [-0.2, -0.15) is 13.2 Å². The van der Waals surface area contributed by atoms with E-state index in [2.05, 4.69) is 5.32 Å². The van der Waals surface area contributed by atoms with Crippen molar-refractivity contribution in [3.63, 3.8) is 0 Å². The molecule has 39 heavy (non-hydrogen) atoms. The lowest BCUT2D eigenvalue weighted by molar-refractivity contribution is -0.154. The van der Waals surface area contributed by atoms with Crippen molar-refractivity contribution < 1.29 is 41.3 Å². The molecular formula is C28H24F3NO7. The molecule has 4 rings (SSSR count). The van der Waals surface area contributed by atoms with E-state index >= 15 is 0 Å². The summed E-state index contributed by atoms with van der Waals surface area (Å²) in [6, 6.07) is 16.5. The summed E-state index contributed by atoms with van der Waals surface area (Å²) in [5, 5.41) is 2.48. The first kappa shape index (κ1) is 27.4. The highest BCUT2D eigenvalue weighted by molar-refractivity contribution is 5.93. The second-order valence-electron chi connectivity index (χ2n) is 7.99. The smallest absolute Gasteiger partial charge is 0.453 e. The van der Waals surface area contributed by atoms with Gasteiger partial charge >= 0.3 is 6.18 Å². The summed E-state index contributed by atoms with van der Waals surface area (Å²) < 4.78 is 68.5. The molecule has 3 aromatic carbocycles. The molecule has 0 fully saturated rings. The number of alkyl halides is 3. The summed E-state index contributed by atoms with van der Waals surface area (Å²) in [6.45, 7) is 3.68. The molecule has 0 saturated heterocycles. The monoisotopic (exact) mass is 543 g/mol. The third-order valence-corrected chi connectivity index (χ3v) is 5.27. The van der Waals surface area contributed by atoms with Crippen molar-refractivity contribution in [2.24, 2.45) is 0 Å². The van der Waals surface area contributed by atoms with E-state index in [-0.39, 0.29) is 29.2 Å². The van der Waals surface area contributed by atoms with Gasteiger partial charge in [-0.3, -0.25) is 9.59 Å². The molecule has 1 aromatic heterocycles. The minimum absolute atomic E-state index is 0.0161. The Morgan fingerprint density at radius 2 is 1.51 bits per heavy atom. The largest absolute Gasteiger partial charge is 0.492 e. The second-order valence-corrected chi connectivity index (χ2v) is 7.99. The number of fused-ring (bicyclic) bond motifs is 1. The van der Waals surface area contributed by atoms with Gasteiger partial charge < -0.3 is 28.7 Å². The number of anilines is 1. The van der Waals surface area contributed by atoms with E-state index < -0.39 is 41.2 Å². The molecule has 0 unspecified atom stereocenters. The summed E-state index contributed by atoms with van der Waals surface area (Å²) in [5.74, 6) is -2.59. The molecule has 204 valence electrons. The van der Waals surface area contributed by atoms with Crippen LogP contribution in [0, 0.1) is 0 Å². The summed E-state index contributed by atoms with van der Waals surface area (Å²) >= 11 is 0. The molecular weight excluding hydrogens is 519 g/mol. The minimum Gasteiger partial charge on any atom is -0.492 e. The lowest BCUT2D eigenvalue weighted by Crippen LogP contribution is -2.20. The van der Waals surface area contributed by atoms with Crippen LogP contribution in [0.4, 0.5) is 18.9 Å². The van der Waals surface area contributed by atoms with Crippen molar-refractivity contribution in [2.45, 2.75) is 20.0 Å². The van der Waals surface area contributed by atoms with E-state index in [0.717, 1.165) is 6.07 Å². The van der Waals surface area contributed by atoms with Crippen LogP contribution in [0.25, 0.3) is 11.0 Å². The van der Waals surface area contributed by atoms with Gasteiger partial charge in [-0.05, 0) is 50.2 Å². The number of nitrogens with one attached hydrogen (secondary N) is 1. The molecule has 8 nitrogen and oxygen atoms in total. The minimum atomic E-state index is -5.05. The maximum Gasteiger partial charge on any atom is 0.453 e. The molecule has 0 aliphatic carbocycles. The van der Waals surface area contributed by atoms with Crippen molar-refractivity contribution in [1.29, 1.82) is 0 Å². The molecule has 0 saturated carbocycles. The number of amides is 1. The average Bonchev–Trinajstić information content (AvgIpc) is 2.90. The third-order valence-electron chi connectivity index (χ3n) is 5.27.